The van der Waals surface area contributed by atoms with Crippen molar-refractivity contribution in [2.75, 3.05) is 13.7 Å². The van der Waals surface area contributed by atoms with Crippen LogP contribution in [0.1, 0.15) is 22.8 Å². The summed E-state index contributed by atoms with van der Waals surface area (Å²) >= 11 is 1.51. The second-order valence-electron chi connectivity index (χ2n) is 7.32. The van der Waals surface area contributed by atoms with E-state index in [4.69, 9.17) is 4.74 Å². The van der Waals surface area contributed by atoms with Crippen LogP contribution >= 0.6 is 11.3 Å². The first-order valence-electron chi connectivity index (χ1n) is 10.3. The van der Waals surface area contributed by atoms with Crippen LogP contribution in [0.4, 0.5) is 0 Å². The lowest BCUT2D eigenvalue weighted by Crippen LogP contribution is -2.45. The van der Waals surface area contributed by atoms with Gasteiger partial charge in [0.05, 0.1) is 17.3 Å². The highest BCUT2D eigenvalue weighted by atomic mass is 32.1. The predicted octanol–water partition coefficient (Wildman–Crippen LogP) is 3.57. The zero-order valence-electron chi connectivity index (χ0n) is 17.9. The summed E-state index contributed by atoms with van der Waals surface area (Å²) < 4.78 is 8.17. The molecule has 4 rings (SSSR count). The van der Waals surface area contributed by atoms with Gasteiger partial charge in [0.1, 0.15) is 11.8 Å². The Labute approximate surface area is 190 Å². The number of aromatic nitrogens is 2. The molecule has 1 atom stereocenters. The number of fused-ring (bicyclic) bond motifs is 1. The first kappa shape index (κ1) is 21.6. The number of amides is 2. The molecule has 8 heteroatoms. The van der Waals surface area contributed by atoms with Crippen molar-refractivity contribution in [2.24, 2.45) is 0 Å². The number of nitrogens with one attached hydrogen (secondary N) is 2. The second-order valence-corrected chi connectivity index (χ2v) is 8.33. The molecule has 164 valence electrons. The maximum Gasteiger partial charge on any atom is 0.251 e. The van der Waals surface area contributed by atoms with E-state index in [0.29, 0.717) is 18.5 Å². The van der Waals surface area contributed by atoms with Crippen molar-refractivity contribution in [1.82, 2.24) is 20.2 Å². The summed E-state index contributed by atoms with van der Waals surface area (Å²) in [4.78, 5) is 29.7. The molecule has 2 N–H and O–H groups in total. The van der Waals surface area contributed by atoms with Crippen molar-refractivity contribution in [1.29, 1.82) is 0 Å². The summed E-state index contributed by atoms with van der Waals surface area (Å²) in [6, 6.07) is 16.3. The smallest absolute Gasteiger partial charge is 0.251 e. The summed E-state index contributed by atoms with van der Waals surface area (Å²) in [6.45, 7) is 2.13. The summed E-state index contributed by atoms with van der Waals surface area (Å²) in [5.41, 5.74) is 2.34. The fourth-order valence-corrected chi connectivity index (χ4v) is 4.33. The topological polar surface area (TPSA) is 85.2 Å². The quantitative estimate of drug-likeness (QED) is 0.432. The fraction of sp³-hybridized carbons (Fsp3) is 0.208. The minimum absolute atomic E-state index is 0.234. The summed E-state index contributed by atoms with van der Waals surface area (Å²) in [6.07, 6.45) is 4.50. The predicted molar refractivity (Wildman–Crippen MR) is 126 cm³/mol. The number of methoxy groups -OCH3 is 1. The molecule has 2 aromatic carbocycles. The highest BCUT2D eigenvalue weighted by Gasteiger charge is 2.17. The Bertz CT molecular complexity index is 1230. The number of ether oxygens (including phenoxy) is 1. The van der Waals surface area contributed by atoms with Crippen LogP contribution in [0.15, 0.2) is 67.0 Å². The van der Waals surface area contributed by atoms with Crippen LogP contribution < -0.4 is 15.4 Å². The molecule has 0 aliphatic rings. The van der Waals surface area contributed by atoms with Crippen molar-refractivity contribution >= 4 is 33.4 Å². The minimum Gasteiger partial charge on any atom is -0.496 e. The highest BCUT2D eigenvalue weighted by Crippen LogP contribution is 2.26. The molecule has 0 fully saturated rings. The molecular formula is C24H24N4O3S. The zero-order chi connectivity index (χ0) is 22.5. The molecule has 7 nitrogen and oxygen atoms in total. The van der Waals surface area contributed by atoms with Crippen molar-refractivity contribution in [3.63, 3.8) is 0 Å². The Kier molecular flexibility index (Phi) is 6.51. The number of rotatable bonds is 8. The summed E-state index contributed by atoms with van der Waals surface area (Å²) in [7, 11) is 1.62. The molecule has 0 aliphatic carbocycles. The van der Waals surface area contributed by atoms with E-state index in [-0.39, 0.29) is 11.8 Å². The van der Waals surface area contributed by atoms with Crippen molar-refractivity contribution in [3.05, 3.63) is 78.1 Å². The standard InChI is InChI=1S/C24H24N4O3S/c1-16(22(29)25-12-11-17-7-3-4-8-20(17)31-2)26-23(30)18-9-10-19-21(15-18)32-24(27-19)28-13-5-6-14-28/h3-10,13-16H,11-12H2,1-2H3,(H,25,29)(H,26,30)/t16-/m0/s1. The number of carbonyl (C=O) groups is 2. The molecule has 32 heavy (non-hydrogen) atoms. The average molecular weight is 449 g/mol. The van der Waals surface area contributed by atoms with Gasteiger partial charge in [0.15, 0.2) is 5.13 Å². The maximum absolute atomic E-state index is 12.7. The van der Waals surface area contributed by atoms with Crippen LogP contribution in [-0.2, 0) is 11.2 Å². The van der Waals surface area contributed by atoms with Gasteiger partial charge in [-0.25, -0.2) is 4.98 Å². The molecule has 2 aromatic heterocycles. The monoisotopic (exact) mass is 448 g/mol. The lowest BCUT2D eigenvalue weighted by molar-refractivity contribution is -0.122. The van der Waals surface area contributed by atoms with Crippen molar-refractivity contribution < 1.29 is 14.3 Å². The normalized spacial score (nSPS) is 11.8. The van der Waals surface area contributed by atoms with Gasteiger partial charge in [0.2, 0.25) is 5.91 Å². The molecule has 2 amide bonds. The van der Waals surface area contributed by atoms with Crippen molar-refractivity contribution in [2.45, 2.75) is 19.4 Å². The van der Waals surface area contributed by atoms with Gasteiger partial charge in [0.25, 0.3) is 5.91 Å². The van der Waals surface area contributed by atoms with E-state index < -0.39 is 6.04 Å². The molecule has 0 saturated carbocycles. The molecule has 0 aliphatic heterocycles. The first-order valence-corrected chi connectivity index (χ1v) is 11.1. The number of benzene rings is 2. The Morgan fingerprint density at radius 3 is 2.69 bits per heavy atom. The number of carbonyl (C=O) groups excluding carboxylic acids is 2. The average Bonchev–Trinajstić information content (AvgIpc) is 3.48. The molecule has 0 unspecified atom stereocenters. The van der Waals surface area contributed by atoms with Gasteiger partial charge in [-0.1, -0.05) is 29.5 Å². The SMILES string of the molecule is COc1ccccc1CCNC(=O)[C@H](C)NC(=O)c1ccc2nc(-n3cccc3)sc2c1. The van der Waals surface area contributed by atoms with E-state index in [1.54, 1.807) is 20.1 Å². The molecular weight excluding hydrogens is 424 g/mol. The van der Waals surface area contributed by atoms with E-state index in [2.05, 4.69) is 15.6 Å². The first-order chi connectivity index (χ1) is 15.5. The third-order valence-corrected chi connectivity index (χ3v) is 6.12. The third-order valence-electron chi connectivity index (χ3n) is 5.09. The van der Waals surface area contributed by atoms with Crippen molar-refractivity contribution in [3.8, 4) is 10.9 Å². The third kappa shape index (κ3) is 4.81. The maximum atomic E-state index is 12.7. The Morgan fingerprint density at radius 2 is 1.91 bits per heavy atom. The second kappa shape index (κ2) is 9.65. The van der Waals surface area contributed by atoms with Crippen LogP contribution in [0.25, 0.3) is 15.3 Å². The van der Waals surface area contributed by atoms with Crippen LogP contribution in [0.2, 0.25) is 0 Å². The fourth-order valence-electron chi connectivity index (χ4n) is 3.35. The molecule has 0 radical (unpaired) electrons. The van der Waals surface area contributed by atoms with E-state index in [1.807, 2.05) is 65.5 Å². The Morgan fingerprint density at radius 1 is 1.12 bits per heavy atom. The number of para-hydroxylation sites is 1. The van der Waals surface area contributed by atoms with Crippen LogP contribution in [0.3, 0.4) is 0 Å². The zero-order valence-corrected chi connectivity index (χ0v) is 18.7. The van der Waals surface area contributed by atoms with Gasteiger partial charge in [-0.2, -0.15) is 0 Å². The van der Waals surface area contributed by atoms with Gasteiger partial charge in [-0.05, 0) is 55.3 Å². The van der Waals surface area contributed by atoms with Crippen LogP contribution in [-0.4, -0.2) is 41.1 Å². The van der Waals surface area contributed by atoms with Gasteiger partial charge in [-0.15, -0.1) is 0 Å². The van der Waals surface area contributed by atoms with Crippen LogP contribution in [0, 0.1) is 0 Å². The van der Waals surface area contributed by atoms with E-state index >= 15 is 0 Å². The van der Waals surface area contributed by atoms with E-state index in [1.165, 1.54) is 11.3 Å². The molecule has 0 saturated heterocycles. The number of hydrogen-bond donors (Lipinski definition) is 2. The highest BCUT2D eigenvalue weighted by molar-refractivity contribution is 7.20. The van der Waals surface area contributed by atoms with E-state index in [0.717, 1.165) is 26.7 Å². The Balaban J connectivity index is 1.34. The van der Waals surface area contributed by atoms with Crippen LogP contribution in [0.5, 0.6) is 5.75 Å². The summed E-state index contributed by atoms with van der Waals surface area (Å²) in [5.74, 6) is 0.263. The molecule has 0 spiro atoms. The lowest BCUT2D eigenvalue weighted by Gasteiger charge is -2.15. The van der Waals surface area contributed by atoms with Gasteiger partial charge >= 0.3 is 0 Å². The van der Waals surface area contributed by atoms with Gasteiger partial charge in [0, 0.05) is 24.5 Å². The summed E-state index contributed by atoms with van der Waals surface area (Å²) in [5, 5.41) is 6.48. The van der Waals surface area contributed by atoms with Gasteiger partial charge < -0.3 is 19.9 Å². The van der Waals surface area contributed by atoms with E-state index in [9.17, 15) is 9.59 Å². The lowest BCUT2D eigenvalue weighted by atomic mass is 10.1. The Hall–Kier alpha value is -3.65. The molecule has 0 bridgehead atoms. The largest absolute Gasteiger partial charge is 0.496 e. The molecule has 4 aromatic rings. The minimum atomic E-state index is -0.659. The number of thiazole rings is 1. The number of nitrogens with zero attached hydrogens (tertiary/aromatic N) is 2. The van der Waals surface area contributed by atoms with Gasteiger partial charge in [-0.3, -0.25) is 9.59 Å². The molecule has 2 heterocycles. The number of hydrogen-bond acceptors (Lipinski definition) is 5.